The Bertz CT molecular complexity index is 1200. The van der Waals surface area contributed by atoms with E-state index in [0.717, 1.165) is 23.2 Å². The lowest BCUT2D eigenvalue weighted by Crippen LogP contribution is -2.32. The van der Waals surface area contributed by atoms with Crippen LogP contribution in [0.2, 0.25) is 0 Å². The van der Waals surface area contributed by atoms with Crippen LogP contribution in [0.4, 0.5) is 5.69 Å². The zero-order valence-corrected chi connectivity index (χ0v) is 30.6. The van der Waals surface area contributed by atoms with Crippen LogP contribution in [0.1, 0.15) is 53.5 Å². The number of nitro groups is 1. The summed E-state index contributed by atoms with van der Waals surface area (Å²) in [6.45, 7) is 25.0. The summed E-state index contributed by atoms with van der Waals surface area (Å²) in [5.41, 5.74) is 2.21. The van der Waals surface area contributed by atoms with Gasteiger partial charge in [0.25, 0.3) is 5.69 Å². The van der Waals surface area contributed by atoms with Crippen molar-refractivity contribution in [3.05, 3.63) is 88.7 Å². The highest BCUT2D eigenvalue weighted by Crippen LogP contribution is 2.27. The number of aryl methyl sites for hydroxylation is 1. The van der Waals surface area contributed by atoms with E-state index in [-0.39, 0.29) is 17.2 Å². The van der Waals surface area contributed by atoms with Gasteiger partial charge >= 0.3 is 0 Å². The first-order chi connectivity index (χ1) is 22.5. The molecule has 0 radical (unpaired) electrons. The summed E-state index contributed by atoms with van der Waals surface area (Å²) in [6, 6.07) is 14.0. The minimum Gasteiger partial charge on any atom is -0.395 e. The molecule has 0 heterocycles. The molecule has 0 aliphatic heterocycles. The average Bonchev–Trinajstić information content (AvgIpc) is 3.07. The first kappa shape index (κ1) is 47.5. The van der Waals surface area contributed by atoms with Gasteiger partial charge in [-0.25, -0.2) is 0 Å². The maximum Gasteiger partial charge on any atom is 0.277 e. The highest BCUT2D eigenvalue weighted by molar-refractivity contribution is 5.93. The summed E-state index contributed by atoms with van der Waals surface area (Å²) in [4.78, 5) is 18.5. The molecule has 0 saturated carbocycles. The van der Waals surface area contributed by atoms with Crippen molar-refractivity contribution in [2.45, 2.75) is 67.0 Å². The normalized spacial score (nSPS) is 10.4. The molecule has 47 heavy (non-hydrogen) atoms. The zero-order chi connectivity index (χ0) is 36.6. The number of benzene rings is 2. The molecule has 0 amide bonds. The predicted octanol–water partition coefficient (Wildman–Crippen LogP) is 7.62. The fourth-order valence-corrected chi connectivity index (χ4v) is 3.66. The van der Waals surface area contributed by atoms with Crippen LogP contribution >= 0.6 is 0 Å². The van der Waals surface area contributed by atoms with E-state index in [4.69, 9.17) is 15.1 Å². The summed E-state index contributed by atoms with van der Waals surface area (Å²) in [5, 5.41) is 29.3. The summed E-state index contributed by atoms with van der Waals surface area (Å²) in [7, 11) is 5.39. The van der Waals surface area contributed by atoms with E-state index in [1.807, 2.05) is 68.2 Å². The lowest BCUT2D eigenvalue weighted by atomic mass is 10.0. The summed E-state index contributed by atoms with van der Waals surface area (Å²) < 4.78 is 9.60. The number of nitriles is 1. The van der Waals surface area contributed by atoms with Crippen LogP contribution in [0.5, 0.6) is 0 Å². The quantitative estimate of drug-likeness (QED) is 0.0683. The first-order valence-electron chi connectivity index (χ1n) is 15.9. The van der Waals surface area contributed by atoms with Crippen molar-refractivity contribution in [2.24, 2.45) is 4.99 Å². The van der Waals surface area contributed by atoms with E-state index in [1.165, 1.54) is 0 Å². The molecule has 10 nitrogen and oxygen atoms in total. The number of aliphatic hydroxyl groups excluding tert-OH is 1. The number of non-ortho nitro benzene ring substituents is 1. The van der Waals surface area contributed by atoms with Crippen LogP contribution in [0.25, 0.3) is 10.8 Å². The summed E-state index contributed by atoms with van der Waals surface area (Å²) in [6.07, 6.45) is 7.97. The molecule has 2 aromatic rings. The number of fused-ring (bicyclic) bond motifs is 1. The average molecular weight is 656 g/mol. The van der Waals surface area contributed by atoms with Crippen molar-refractivity contribution in [2.75, 3.05) is 60.7 Å². The lowest BCUT2D eigenvalue weighted by Gasteiger charge is -2.24. The fourth-order valence-electron chi connectivity index (χ4n) is 3.66. The Morgan fingerprint density at radius 2 is 1.64 bits per heavy atom. The lowest BCUT2D eigenvalue weighted by molar-refractivity contribution is -0.383. The Morgan fingerprint density at radius 1 is 1.06 bits per heavy atom. The maximum atomic E-state index is 10.7. The third-order valence-electron chi connectivity index (χ3n) is 6.47. The van der Waals surface area contributed by atoms with Gasteiger partial charge in [-0.3, -0.25) is 15.1 Å². The number of hydrogen-bond acceptors (Lipinski definition) is 9. The van der Waals surface area contributed by atoms with Gasteiger partial charge in [-0.05, 0) is 77.6 Å². The van der Waals surface area contributed by atoms with Crippen LogP contribution in [-0.2, 0) is 9.47 Å². The molecule has 0 spiro atoms. The van der Waals surface area contributed by atoms with Crippen molar-refractivity contribution >= 4 is 23.2 Å². The van der Waals surface area contributed by atoms with Crippen LogP contribution in [0.15, 0.2) is 78.0 Å². The standard InChI is InChI=1S/C13H22N2O2.C11H9NO2.C7H17N.C4H7NO.C2H6/c1-4-6-13(7-5-8-14-2)15(9-11-16)10-12-17-3;1-8-6-7-11(12(13)14)10-5-3-2-4-9(8)10;1-6(2)8(5)7(3)4;1-6-4-2-3-5;1-2/h4-7,16H,1-2,8-12H2,3H3;2-7H,1H3;6-7H,1-5H3;2,4H2,1H3;1-2H3/b7-5-,13-6+;;;;. The Hall–Kier alpha value is -3.88. The van der Waals surface area contributed by atoms with E-state index < -0.39 is 0 Å². The van der Waals surface area contributed by atoms with E-state index in [2.05, 4.69) is 62.7 Å². The molecule has 0 bridgehead atoms. The van der Waals surface area contributed by atoms with Crippen molar-refractivity contribution in [1.82, 2.24) is 9.80 Å². The zero-order valence-electron chi connectivity index (χ0n) is 30.6. The number of allylic oxidation sites excluding steroid dienone is 3. The van der Waals surface area contributed by atoms with Crippen LogP contribution < -0.4 is 0 Å². The van der Waals surface area contributed by atoms with Crippen LogP contribution in [0, 0.1) is 28.4 Å². The number of ether oxygens (including phenoxy) is 2. The summed E-state index contributed by atoms with van der Waals surface area (Å²) in [5.74, 6) is 0. The van der Waals surface area contributed by atoms with Crippen LogP contribution in [-0.4, -0.2) is 99.4 Å². The number of aliphatic imine (C=N–C) groups is 1. The Kier molecular flexibility index (Phi) is 32.4. The van der Waals surface area contributed by atoms with Gasteiger partial charge in [-0.15, -0.1) is 0 Å². The van der Waals surface area contributed by atoms with Crippen LogP contribution in [0.3, 0.4) is 0 Å². The number of aliphatic hydroxyl groups is 1. The Labute approximate surface area is 284 Å². The number of hydrogen-bond donors (Lipinski definition) is 1. The predicted molar refractivity (Wildman–Crippen MR) is 199 cm³/mol. The van der Waals surface area contributed by atoms with Gasteiger partial charge in [0, 0.05) is 51.2 Å². The molecular weight excluding hydrogens is 594 g/mol. The third kappa shape index (κ3) is 23.1. The highest BCUT2D eigenvalue weighted by Gasteiger charge is 2.11. The van der Waals surface area contributed by atoms with E-state index in [9.17, 15) is 10.1 Å². The molecule has 0 aliphatic rings. The smallest absolute Gasteiger partial charge is 0.277 e. The van der Waals surface area contributed by atoms with Gasteiger partial charge in [-0.1, -0.05) is 56.8 Å². The van der Waals surface area contributed by atoms with Gasteiger partial charge in [-0.2, -0.15) is 5.26 Å². The second-order valence-electron chi connectivity index (χ2n) is 10.3. The third-order valence-corrected chi connectivity index (χ3v) is 6.47. The molecule has 1 N–H and O–H groups in total. The van der Waals surface area contributed by atoms with Crippen molar-refractivity contribution in [3.63, 3.8) is 0 Å². The molecule has 2 rings (SSSR count). The first-order valence-corrected chi connectivity index (χ1v) is 15.9. The van der Waals surface area contributed by atoms with Gasteiger partial charge in [0.2, 0.25) is 0 Å². The number of nitro benzene ring substituents is 1. The molecule has 0 unspecified atom stereocenters. The minimum absolute atomic E-state index is 0.103. The fraction of sp³-hybridized carbons (Fsp3) is 0.514. The second-order valence-corrected chi connectivity index (χ2v) is 10.3. The van der Waals surface area contributed by atoms with E-state index in [1.54, 1.807) is 38.5 Å². The molecule has 264 valence electrons. The van der Waals surface area contributed by atoms with Gasteiger partial charge < -0.3 is 24.4 Å². The monoisotopic (exact) mass is 655 g/mol. The van der Waals surface area contributed by atoms with Gasteiger partial charge in [0.05, 0.1) is 49.2 Å². The Morgan fingerprint density at radius 3 is 2.04 bits per heavy atom. The molecule has 0 aliphatic carbocycles. The highest BCUT2D eigenvalue weighted by atomic mass is 16.6. The van der Waals surface area contributed by atoms with Crippen molar-refractivity contribution < 1.29 is 19.5 Å². The minimum atomic E-state index is -0.345. The molecular formula is C37H61N5O5. The molecule has 10 heteroatoms. The van der Waals surface area contributed by atoms with E-state index in [0.29, 0.717) is 50.2 Å². The van der Waals surface area contributed by atoms with Gasteiger partial charge in [0.15, 0.2) is 0 Å². The number of rotatable bonds is 15. The molecule has 0 atom stereocenters. The Balaban J connectivity index is -0.000000577. The summed E-state index contributed by atoms with van der Waals surface area (Å²) >= 11 is 0. The maximum absolute atomic E-state index is 10.7. The number of methoxy groups -OCH3 is 2. The second kappa shape index (κ2) is 32.1. The largest absolute Gasteiger partial charge is 0.395 e. The van der Waals surface area contributed by atoms with Crippen molar-refractivity contribution in [3.8, 4) is 6.07 Å². The van der Waals surface area contributed by atoms with E-state index >= 15 is 0 Å². The van der Waals surface area contributed by atoms with Crippen molar-refractivity contribution in [1.29, 1.82) is 5.26 Å². The molecule has 0 saturated heterocycles. The molecule has 0 fully saturated rings. The van der Waals surface area contributed by atoms with Gasteiger partial charge in [0.1, 0.15) is 0 Å². The molecule has 2 aromatic carbocycles. The number of nitrogens with zero attached hydrogens (tertiary/aromatic N) is 5. The molecule has 0 aromatic heterocycles. The SMILES string of the molecule is C=C/C=C(\C=C/CN=C)N(CCO)CCOC.CC.CC(C)N(C)C(C)C.COCCC#N.Cc1ccc([N+](=O)[O-])c2ccccc12. The topological polar surface area (TPSA) is 124 Å².